The monoisotopic (exact) mass is 249 g/mol. The van der Waals surface area contributed by atoms with E-state index in [9.17, 15) is 10.1 Å². The summed E-state index contributed by atoms with van der Waals surface area (Å²) in [6.07, 6.45) is 2.52. The lowest BCUT2D eigenvalue weighted by Crippen LogP contribution is -2.57. The molecule has 0 unspecified atom stereocenters. The summed E-state index contributed by atoms with van der Waals surface area (Å²) >= 11 is 0. The Morgan fingerprint density at radius 2 is 1.72 bits per heavy atom. The van der Waals surface area contributed by atoms with Crippen molar-refractivity contribution in [2.45, 2.75) is 45.6 Å². The first-order chi connectivity index (χ1) is 8.39. The summed E-state index contributed by atoms with van der Waals surface area (Å²) in [6.45, 7) is 9.96. The third-order valence-electron chi connectivity index (χ3n) is 4.35. The molecule has 1 saturated heterocycles. The lowest BCUT2D eigenvalue weighted by molar-refractivity contribution is -0.145. The van der Waals surface area contributed by atoms with E-state index in [1.165, 1.54) is 0 Å². The number of rotatable bonds is 1. The average Bonchev–Trinajstić information content (AvgIpc) is 2.27. The highest BCUT2D eigenvalue weighted by atomic mass is 16.2. The molecule has 1 saturated carbocycles. The highest BCUT2D eigenvalue weighted by molar-refractivity contribution is 5.86. The summed E-state index contributed by atoms with van der Waals surface area (Å²) in [4.78, 5) is 16.7. The van der Waals surface area contributed by atoms with Gasteiger partial charge in [-0.05, 0) is 40.0 Å². The predicted octanol–water partition coefficient (Wildman–Crippen LogP) is 1.62. The molecule has 100 valence electrons. The van der Waals surface area contributed by atoms with Gasteiger partial charge in [0.2, 0.25) is 5.91 Å². The van der Waals surface area contributed by atoms with Crippen LogP contribution in [0.1, 0.15) is 40.0 Å². The highest BCUT2D eigenvalue weighted by Crippen LogP contribution is 2.42. The molecule has 4 nitrogen and oxygen atoms in total. The van der Waals surface area contributed by atoms with Crippen molar-refractivity contribution >= 4 is 5.91 Å². The van der Waals surface area contributed by atoms with Gasteiger partial charge in [-0.25, -0.2) is 0 Å². The largest absolute Gasteiger partial charge is 0.339 e. The van der Waals surface area contributed by atoms with E-state index in [0.29, 0.717) is 0 Å². The first-order valence-corrected chi connectivity index (χ1v) is 6.85. The second kappa shape index (κ2) is 4.55. The van der Waals surface area contributed by atoms with Gasteiger partial charge in [0, 0.05) is 31.7 Å². The minimum Gasteiger partial charge on any atom is -0.339 e. The van der Waals surface area contributed by atoms with Crippen LogP contribution in [0, 0.1) is 16.7 Å². The van der Waals surface area contributed by atoms with Crippen molar-refractivity contribution in [1.29, 1.82) is 5.26 Å². The smallest absolute Gasteiger partial charge is 0.243 e. The lowest BCUT2D eigenvalue weighted by Gasteiger charge is -2.45. The Kier molecular flexibility index (Phi) is 3.37. The highest BCUT2D eigenvalue weighted by Gasteiger charge is 2.47. The Bertz CT molecular complexity index is 365. The average molecular weight is 249 g/mol. The van der Waals surface area contributed by atoms with Gasteiger partial charge in [0.05, 0.1) is 6.07 Å². The third kappa shape index (κ3) is 2.24. The van der Waals surface area contributed by atoms with Crippen LogP contribution < -0.4 is 0 Å². The van der Waals surface area contributed by atoms with Gasteiger partial charge in [0.25, 0.3) is 0 Å². The van der Waals surface area contributed by atoms with Crippen molar-refractivity contribution in [3.8, 4) is 6.07 Å². The minimum absolute atomic E-state index is 0.0739. The summed E-state index contributed by atoms with van der Waals surface area (Å²) in [5, 5.41) is 9.21. The standard InChI is InChI=1S/C14H23N3O/c1-13(2,3)17-9-7-16(8-10-17)12(18)14(11-15)5-4-6-14/h4-10H2,1-3H3. The third-order valence-corrected chi connectivity index (χ3v) is 4.35. The van der Waals surface area contributed by atoms with Crippen LogP contribution in [0.25, 0.3) is 0 Å². The van der Waals surface area contributed by atoms with E-state index in [0.717, 1.165) is 45.4 Å². The second-order valence-electron chi connectivity index (χ2n) is 6.50. The molecule has 0 bridgehead atoms. The quantitative estimate of drug-likeness (QED) is 0.709. The number of nitriles is 1. The van der Waals surface area contributed by atoms with Crippen molar-refractivity contribution in [3.63, 3.8) is 0 Å². The van der Waals surface area contributed by atoms with Gasteiger partial charge in [-0.15, -0.1) is 0 Å². The number of carbonyl (C=O) groups excluding carboxylic acids is 1. The van der Waals surface area contributed by atoms with Gasteiger partial charge in [-0.2, -0.15) is 5.26 Å². The topological polar surface area (TPSA) is 47.3 Å². The zero-order valence-corrected chi connectivity index (χ0v) is 11.7. The van der Waals surface area contributed by atoms with Crippen LogP contribution in [0.15, 0.2) is 0 Å². The number of nitrogens with zero attached hydrogens (tertiary/aromatic N) is 3. The Morgan fingerprint density at radius 3 is 2.06 bits per heavy atom. The Labute approximate surface area is 110 Å². The van der Waals surface area contributed by atoms with Crippen LogP contribution >= 0.6 is 0 Å². The number of carbonyl (C=O) groups is 1. The zero-order chi connectivity index (χ0) is 13.4. The van der Waals surface area contributed by atoms with E-state index < -0.39 is 5.41 Å². The number of hydrogen-bond donors (Lipinski definition) is 0. The lowest BCUT2D eigenvalue weighted by atomic mass is 9.69. The van der Waals surface area contributed by atoms with Crippen molar-refractivity contribution in [2.24, 2.45) is 5.41 Å². The van der Waals surface area contributed by atoms with Crippen LogP contribution in [-0.2, 0) is 4.79 Å². The molecule has 0 radical (unpaired) electrons. The van der Waals surface area contributed by atoms with E-state index in [-0.39, 0.29) is 11.4 Å². The van der Waals surface area contributed by atoms with E-state index in [1.807, 2.05) is 4.90 Å². The maximum Gasteiger partial charge on any atom is 0.243 e. The first kappa shape index (κ1) is 13.4. The van der Waals surface area contributed by atoms with Crippen LogP contribution in [-0.4, -0.2) is 47.4 Å². The van der Waals surface area contributed by atoms with Crippen LogP contribution in [0.4, 0.5) is 0 Å². The summed E-state index contributed by atoms with van der Waals surface area (Å²) in [5.74, 6) is 0.0739. The van der Waals surface area contributed by atoms with Gasteiger partial charge in [0.15, 0.2) is 0 Å². The van der Waals surface area contributed by atoms with E-state index >= 15 is 0 Å². The van der Waals surface area contributed by atoms with Gasteiger partial charge in [-0.1, -0.05) is 0 Å². The summed E-state index contributed by atoms with van der Waals surface area (Å²) in [5.41, 5.74) is -0.511. The SMILES string of the molecule is CC(C)(C)N1CCN(C(=O)C2(C#N)CCC2)CC1. The Hall–Kier alpha value is -1.08. The predicted molar refractivity (Wildman–Crippen MR) is 69.8 cm³/mol. The van der Waals surface area contributed by atoms with E-state index in [2.05, 4.69) is 31.7 Å². The molecule has 0 aromatic heterocycles. The molecule has 2 aliphatic rings. The van der Waals surface area contributed by atoms with Gasteiger partial charge >= 0.3 is 0 Å². The molecule has 0 atom stereocenters. The van der Waals surface area contributed by atoms with Crippen LogP contribution in [0.3, 0.4) is 0 Å². The van der Waals surface area contributed by atoms with Crippen molar-refractivity contribution in [2.75, 3.05) is 26.2 Å². The summed E-state index contributed by atoms with van der Waals surface area (Å²) in [7, 11) is 0. The molecule has 1 amide bonds. The molecule has 2 rings (SSSR count). The fourth-order valence-electron chi connectivity index (χ4n) is 2.79. The van der Waals surface area contributed by atoms with Crippen LogP contribution in [0.5, 0.6) is 0 Å². The summed E-state index contributed by atoms with van der Waals surface area (Å²) < 4.78 is 0. The Balaban J connectivity index is 1.94. The Morgan fingerprint density at radius 1 is 1.17 bits per heavy atom. The van der Waals surface area contributed by atoms with Crippen molar-refractivity contribution in [1.82, 2.24) is 9.80 Å². The molecule has 18 heavy (non-hydrogen) atoms. The molecule has 1 heterocycles. The molecule has 0 spiro atoms. The van der Waals surface area contributed by atoms with Gasteiger partial charge in [0.1, 0.15) is 5.41 Å². The maximum atomic E-state index is 12.4. The van der Waals surface area contributed by atoms with Crippen molar-refractivity contribution < 1.29 is 4.79 Å². The fraction of sp³-hybridized carbons (Fsp3) is 0.857. The number of amides is 1. The number of hydrogen-bond acceptors (Lipinski definition) is 3. The van der Waals surface area contributed by atoms with E-state index in [1.54, 1.807) is 0 Å². The molecule has 2 fully saturated rings. The van der Waals surface area contributed by atoms with Gasteiger partial charge in [-0.3, -0.25) is 9.69 Å². The second-order valence-corrected chi connectivity index (χ2v) is 6.50. The maximum absolute atomic E-state index is 12.4. The van der Waals surface area contributed by atoms with Crippen LogP contribution in [0.2, 0.25) is 0 Å². The van der Waals surface area contributed by atoms with E-state index in [4.69, 9.17) is 0 Å². The number of piperazine rings is 1. The van der Waals surface area contributed by atoms with Crippen molar-refractivity contribution in [3.05, 3.63) is 0 Å². The molecule has 1 aliphatic heterocycles. The first-order valence-electron chi connectivity index (χ1n) is 6.85. The minimum atomic E-state index is -0.677. The molecule has 4 heteroatoms. The zero-order valence-electron chi connectivity index (χ0n) is 11.7. The molecule has 1 aliphatic carbocycles. The molecular formula is C14H23N3O. The molecule has 0 aromatic carbocycles. The molecular weight excluding hydrogens is 226 g/mol. The molecule has 0 N–H and O–H groups in total. The summed E-state index contributed by atoms with van der Waals surface area (Å²) in [6, 6.07) is 2.25. The fourth-order valence-corrected chi connectivity index (χ4v) is 2.79. The normalized spacial score (nSPS) is 24.2. The molecule has 0 aromatic rings. The van der Waals surface area contributed by atoms with Gasteiger partial charge < -0.3 is 4.90 Å².